The van der Waals surface area contributed by atoms with Gasteiger partial charge in [-0.3, -0.25) is 4.79 Å². The summed E-state index contributed by atoms with van der Waals surface area (Å²) in [6.45, 7) is 2.51. The summed E-state index contributed by atoms with van der Waals surface area (Å²) >= 11 is 1.63. The van der Waals surface area contributed by atoms with Crippen molar-refractivity contribution in [2.24, 2.45) is 0 Å². The van der Waals surface area contributed by atoms with Gasteiger partial charge in [0.2, 0.25) is 5.75 Å². The van der Waals surface area contributed by atoms with Crippen LogP contribution in [-0.2, 0) is 9.53 Å². The van der Waals surface area contributed by atoms with Gasteiger partial charge in [-0.05, 0) is 19.1 Å². The molecule has 1 fully saturated rings. The van der Waals surface area contributed by atoms with Gasteiger partial charge in [0.05, 0.1) is 27.9 Å². The second kappa shape index (κ2) is 8.84. The molecule has 1 aliphatic heterocycles. The molecule has 0 N–H and O–H groups in total. The molecular formula is C17H23NO6S. The third kappa shape index (κ3) is 4.12. The van der Waals surface area contributed by atoms with Crippen LogP contribution < -0.4 is 14.2 Å². The predicted octanol–water partition coefficient (Wildman–Crippen LogP) is 1.83. The van der Waals surface area contributed by atoms with Crippen molar-refractivity contribution >= 4 is 23.6 Å². The third-order valence-corrected chi connectivity index (χ3v) is 4.88. The fourth-order valence-corrected chi connectivity index (χ4v) is 3.68. The molecule has 1 saturated heterocycles. The van der Waals surface area contributed by atoms with Crippen LogP contribution in [0.25, 0.3) is 0 Å². The molecule has 138 valence electrons. The van der Waals surface area contributed by atoms with Crippen molar-refractivity contribution in [2.45, 2.75) is 13.0 Å². The monoisotopic (exact) mass is 369 g/mol. The van der Waals surface area contributed by atoms with Gasteiger partial charge >= 0.3 is 5.97 Å². The summed E-state index contributed by atoms with van der Waals surface area (Å²) in [4.78, 5) is 26.8. The number of carbonyl (C=O) groups excluding carboxylic acids is 2. The summed E-state index contributed by atoms with van der Waals surface area (Å²) in [7, 11) is 4.48. The van der Waals surface area contributed by atoms with Crippen molar-refractivity contribution in [3.8, 4) is 17.2 Å². The minimum atomic E-state index is -0.592. The van der Waals surface area contributed by atoms with E-state index in [9.17, 15) is 9.59 Å². The van der Waals surface area contributed by atoms with Crippen molar-refractivity contribution < 1.29 is 28.5 Å². The highest BCUT2D eigenvalue weighted by Gasteiger charge is 2.34. The second-order valence-electron chi connectivity index (χ2n) is 5.26. The van der Waals surface area contributed by atoms with Crippen LogP contribution in [-0.4, -0.2) is 68.8 Å². The van der Waals surface area contributed by atoms with E-state index >= 15 is 0 Å². The average molecular weight is 369 g/mol. The summed E-state index contributed by atoms with van der Waals surface area (Å²) in [5, 5.41) is 0. The first kappa shape index (κ1) is 19.2. The quantitative estimate of drug-likeness (QED) is 0.708. The molecule has 0 aliphatic carbocycles. The molecule has 25 heavy (non-hydrogen) atoms. The Labute approximate surface area is 151 Å². The molecular weight excluding hydrogens is 346 g/mol. The SMILES string of the molecule is CCOC(=O)C1CSCCN1C(=O)c1cc(OC)c(OC)c(OC)c1. The number of carbonyl (C=O) groups is 2. The smallest absolute Gasteiger partial charge is 0.329 e. The third-order valence-electron chi connectivity index (χ3n) is 3.86. The molecule has 0 aromatic heterocycles. The lowest BCUT2D eigenvalue weighted by Crippen LogP contribution is -2.51. The molecule has 0 spiro atoms. The number of rotatable bonds is 6. The standard InChI is InChI=1S/C17H23NO6S/c1-5-24-17(20)12-10-25-7-6-18(12)16(19)11-8-13(21-2)15(23-4)14(9-11)22-3/h8-9,12H,5-7,10H2,1-4H3. The number of amides is 1. The fourth-order valence-electron chi connectivity index (χ4n) is 2.65. The van der Waals surface area contributed by atoms with E-state index in [0.717, 1.165) is 5.75 Å². The van der Waals surface area contributed by atoms with Crippen molar-refractivity contribution in [2.75, 3.05) is 46.0 Å². The largest absolute Gasteiger partial charge is 0.493 e. The molecule has 1 heterocycles. The van der Waals surface area contributed by atoms with Gasteiger partial charge in [0.15, 0.2) is 11.5 Å². The highest BCUT2D eigenvalue weighted by Crippen LogP contribution is 2.38. The minimum Gasteiger partial charge on any atom is -0.493 e. The van der Waals surface area contributed by atoms with Gasteiger partial charge in [-0.1, -0.05) is 0 Å². The lowest BCUT2D eigenvalue weighted by molar-refractivity contribution is -0.147. The van der Waals surface area contributed by atoms with E-state index in [1.807, 2.05) is 0 Å². The fraction of sp³-hybridized carbons (Fsp3) is 0.529. The van der Waals surface area contributed by atoms with E-state index in [1.54, 1.807) is 35.7 Å². The van der Waals surface area contributed by atoms with E-state index in [0.29, 0.717) is 35.1 Å². The molecule has 1 atom stereocenters. The van der Waals surface area contributed by atoms with Crippen LogP contribution in [0.2, 0.25) is 0 Å². The summed E-state index contributed by atoms with van der Waals surface area (Å²) < 4.78 is 21.0. The molecule has 2 rings (SSSR count). The number of methoxy groups -OCH3 is 3. The summed E-state index contributed by atoms with van der Waals surface area (Å²) in [5.41, 5.74) is 0.371. The molecule has 0 bridgehead atoms. The van der Waals surface area contributed by atoms with Crippen LogP contribution in [0.15, 0.2) is 12.1 Å². The number of hydrogen-bond acceptors (Lipinski definition) is 7. The first-order chi connectivity index (χ1) is 12.1. The van der Waals surface area contributed by atoms with E-state index in [1.165, 1.54) is 21.3 Å². The highest BCUT2D eigenvalue weighted by molar-refractivity contribution is 7.99. The summed E-state index contributed by atoms with van der Waals surface area (Å²) in [6.07, 6.45) is 0. The van der Waals surface area contributed by atoms with Gasteiger partial charge in [-0.15, -0.1) is 0 Å². The van der Waals surface area contributed by atoms with Crippen molar-refractivity contribution in [3.63, 3.8) is 0 Å². The molecule has 1 unspecified atom stereocenters. The number of ether oxygens (including phenoxy) is 4. The Kier molecular flexibility index (Phi) is 6.81. The van der Waals surface area contributed by atoms with Crippen molar-refractivity contribution in [1.82, 2.24) is 4.90 Å². The molecule has 0 radical (unpaired) electrons. The van der Waals surface area contributed by atoms with Crippen LogP contribution in [0.3, 0.4) is 0 Å². The molecule has 1 aromatic rings. The zero-order valence-electron chi connectivity index (χ0n) is 14.9. The van der Waals surface area contributed by atoms with Crippen molar-refractivity contribution in [1.29, 1.82) is 0 Å². The first-order valence-electron chi connectivity index (χ1n) is 7.92. The van der Waals surface area contributed by atoms with Gasteiger partial charge in [-0.25, -0.2) is 4.79 Å². The van der Waals surface area contributed by atoms with Crippen LogP contribution in [0.1, 0.15) is 17.3 Å². The Balaban J connectivity index is 2.36. The average Bonchev–Trinajstić information content (AvgIpc) is 2.66. The van der Waals surface area contributed by atoms with Gasteiger partial charge < -0.3 is 23.8 Å². The second-order valence-corrected chi connectivity index (χ2v) is 6.41. The van der Waals surface area contributed by atoms with Gasteiger partial charge in [0.1, 0.15) is 6.04 Å². The number of hydrogen-bond donors (Lipinski definition) is 0. The Hall–Kier alpha value is -2.09. The van der Waals surface area contributed by atoms with E-state index in [-0.39, 0.29) is 18.5 Å². The highest BCUT2D eigenvalue weighted by atomic mass is 32.2. The number of nitrogens with zero attached hydrogens (tertiary/aromatic N) is 1. The lowest BCUT2D eigenvalue weighted by atomic mass is 10.1. The van der Waals surface area contributed by atoms with Crippen LogP contribution >= 0.6 is 11.8 Å². The Morgan fingerprint density at radius 1 is 1.16 bits per heavy atom. The Bertz CT molecular complexity index is 611. The van der Waals surface area contributed by atoms with Crippen molar-refractivity contribution in [3.05, 3.63) is 17.7 Å². The van der Waals surface area contributed by atoms with E-state index in [4.69, 9.17) is 18.9 Å². The summed E-state index contributed by atoms with van der Waals surface area (Å²) in [6, 6.07) is 2.59. The molecule has 8 heteroatoms. The van der Waals surface area contributed by atoms with E-state index < -0.39 is 6.04 Å². The molecule has 1 aliphatic rings. The number of esters is 1. The zero-order valence-corrected chi connectivity index (χ0v) is 15.7. The minimum absolute atomic E-state index is 0.266. The van der Waals surface area contributed by atoms with Crippen LogP contribution in [0, 0.1) is 0 Å². The number of benzene rings is 1. The van der Waals surface area contributed by atoms with E-state index in [2.05, 4.69) is 0 Å². The van der Waals surface area contributed by atoms with Gasteiger partial charge in [-0.2, -0.15) is 11.8 Å². The maximum Gasteiger partial charge on any atom is 0.329 e. The normalized spacial score (nSPS) is 17.0. The maximum atomic E-state index is 13.0. The zero-order chi connectivity index (χ0) is 18.4. The maximum absolute atomic E-state index is 13.0. The molecule has 1 amide bonds. The first-order valence-corrected chi connectivity index (χ1v) is 9.08. The lowest BCUT2D eigenvalue weighted by Gasteiger charge is -2.33. The molecule has 7 nitrogen and oxygen atoms in total. The molecule has 1 aromatic carbocycles. The van der Waals surface area contributed by atoms with Gasteiger partial charge in [0, 0.05) is 23.6 Å². The topological polar surface area (TPSA) is 74.3 Å². The molecule has 0 saturated carbocycles. The van der Waals surface area contributed by atoms with Crippen LogP contribution in [0.4, 0.5) is 0 Å². The number of thioether (sulfide) groups is 1. The van der Waals surface area contributed by atoms with Gasteiger partial charge in [0.25, 0.3) is 5.91 Å². The van der Waals surface area contributed by atoms with Crippen LogP contribution in [0.5, 0.6) is 17.2 Å². The Morgan fingerprint density at radius 2 is 1.80 bits per heavy atom. The summed E-state index contributed by atoms with van der Waals surface area (Å²) in [5.74, 6) is 1.85. The Morgan fingerprint density at radius 3 is 2.32 bits per heavy atom. The predicted molar refractivity (Wildman–Crippen MR) is 94.9 cm³/mol.